The van der Waals surface area contributed by atoms with Crippen molar-refractivity contribution in [1.29, 1.82) is 0 Å². The molecule has 0 saturated carbocycles. The number of rotatable bonds is 7. The van der Waals surface area contributed by atoms with Gasteiger partial charge in [-0.2, -0.15) is 0 Å². The first-order chi connectivity index (χ1) is 13.4. The number of nitrogens with one attached hydrogen (secondary N) is 2. The summed E-state index contributed by atoms with van der Waals surface area (Å²) in [6.45, 7) is 13.7. The van der Waals surface area contributed by atoms with E-state index in [9.17, 15) is 13.2 Å². The lowest BCUT2D eigenvalue weighted by atomic mass is 9.93. The fourth-order valence-electron chi connectivity index (χ4n) is 3.41. The Labute approximate surface area is 175 Å². The lowest BCUT2D eigenvalue weighted by Crippen LogP contribution is -2.42. The number of hydrogen-bond donors (Lipinski definition) is 2. The van der Waals surface area contributed by atoms with E-state index >= 15 is 0 Å². The Balaban J connectivity index is 2.36. The third kappa shape index (κ3) is 5.60. The fourth-order valence-corrected chi connectivity index (χ4v) is 4.81. The van der Waals surface area contributed by atoms with Crippen LogP contribution in [0.3, 0.4) is 0 Å². The summed E-state index contributed by atoms with van der Waals surface area (Å²) in [5.74, 6) is 0.290. The highest BCUT2D eigenvalue weighted by Gasteiger charge is 2.23. The third-order valence-corrected chi connectivity index (χ3v) is 6.62. The quantitative estimate of drug-likeness (QED) is 0.679. The van der Waals surface area contributed by atoms with Crippen molar-refractivity contribution in [3.63, 3.8) is 0 Å². The molecule has 2 aromatic carbocycles. The molecule has 0 bridgehead atoms. The van der Waals surface area contributed by atoms with Crippen LogP contribution in [0.4, 0.5) is 5.69 Å². The van der Waals surface area contributed by atoms with Crippen molar-refractivity contribution in [2.45, 2.75) is 59.4 Å². The molecule has 2 N–H and O–H groups in total. The maximum atomic E-state index is 13.1. The molecule has 0 aromatic heterocycles. The molecule has 1 amide bonds. The van der Waals surface area contributed by atoms with Gasteiger partial charge in [-0.05, 0) is 67.5 Å². The van der Waals surface area contributed by atoms with Gasteiger partial charge in [0.15, 0.2) is 0 Å². The molecule has 0 unspecified atom stereocenters. The van der Waals surface area contributed by atoms with Gasteiger partial charge < -0.3 is 5.32 Å². The lowest BCUT2D eigenvalue weighted by molar-refractivity contribution is 0.0910. The number of hydrogen-bond acceptors (Lipinski definition) is 3. The first-order valence-electron chi connectivity index (χ1n) is 9.94. The zero-order chi connectivity index (χ0) is 21.9. The Kier molecular flexibility index (Phi) is 7.11. The largest absolute Gasteiger partial charge is 0.349 e. The zero-order valence-electron chi connectivity index (χ0n) is 18.3. The Morgan fingerprint density at radius 3 is 2.03 bits per heavy atom. The second-order valence-electron chi connectivity index (χ2n) is 8.39. The van der Waals surface area contributed by atoms with Crippen LogP contribution in [0.2, 0.25) is 0 Å². The average molecular weight is 417 g/mol. The molecule has 6 heteroatoms. The van der Waals surface area contributed by atoms with E-state index in [0.717, 1.165) is 11.1 Å². The van der Waals surface area contributed by atoms with Crippen molar-refractivity contribution in [3.05, 3.63) is 58.7 Å². The van der Waals surface area contributed by atoms with Crippen molar-refractivity contribution in [1.82, 2.24) is 5.32 Å². The van der Waals surface area contributed by atoms with Crippen LogP contribution >= 0.6 is 0 Å². The van der Waals surface area contributed by atoms with Crippen molar-refractivity contribution in [3.8, 4) is 0 Å². The second-order valence-corrected chi connectivity index (χ2v) is 10.0. The van der Waals surface area contributed by atoms with Crippen molar-refractivity contribution < 1.29 is 13.2 Å². The second kappa shape index (κ2) is 8.99. The van der Waals surface area contributed by atoms with Gasteiger partial charge in [-0.15, -0.1) is 0 Å². The zero-order valence-corrected chi connectivity index (χ0v) is 19.1. The number of amides is 1. The highest BCUT2D eigenvalue weighted by Crippen LogP contribution is 2.24. The minimum Gasteiger partial charge on any atom is -0.349 e. The van der Waals surface area contributed by atoms with Gasteiger partial charge in [0.25, 0.3) is 15.9 Å². The van der Waals surface area contributed by atoms with Gasteiger partial charge in [0, 0.05) is 11.6 Å². The Hall–Kier alpha value is -2.34. The van der Waals surface area contributed by atoms with E-state index < -0.39 is 10.0 Å². The smallest absolute Gasteiger partial charge is 0.262 e. The van der Waals surface area contributed by atoms with E-state index in [1.54, 1.807) is 25.1 Å². The van der Waals surface area contributed by atoms with E-state index in [2.05, 4.69) is 37.7 Å². The number of sulfonamides is 1. The van der Waals surface area contributed by atoms with Crippen LogP contribution in [0.15, 0.2) is 41.3 Å². The van der Waals surface area contributed by atoms with Gasteiger partial charge in [-0.1, -0.05) is 45.9 Å². The van der Waals surface area contributed by atoms with Gasteiger partial charge in [0.2, 0.25) is 0 Å². The van der Waals surface area contributed by atoms with Crippen molar-refractivity contribution in [2.24, 2.45) is 11.8 Å². The van der Waals surface area contributed by atoms with Crippen molar-refractivity contribution in [2.75, 3.05) is 4.72 Å². The highest BCUT2D eigenvalue weighted by molar-refractivity contribution is 7.92. The summed E-state index contributed by atoms with van der Waals surface area (Å²) < 4.78 is 28.8. The minimum absolute atomic E-state index is 0.0110. The first kappa shape index (κ1) is 22.9. The summed E-state index contributed by atoms with van der Waals surface area (Å²) >= 11 is 0. The number of aryl methyl sites for hydroxylation is 3. The van der Waals surface area contributed by atoms with Gasteiger partial charge in [0.1, 0.15) is 0 Å². The number of anilines is 1. The summed E-state index contributed by atoms with van der Waals surface area (Å²) in [5, 5.41) is 3.04. The van der Waals surface area contributed by atoms with Crippen LogP contribution in [-0.4, -0.2) is 20.4 Å². The van der Waals surface area contributed by atoms with Gasteiger partial charge >= 0.3 is 0 Å². The number of carbonyl (C=O) groups excluding carboxylic acids is 1. The maximum Gasteiger partial charge on any atom is 0.262 e. The molecule has 0 radical (unpaired) electrons. The molecule has 0 saturated heterocycles. The van der Waals surface area contributed by atoms with E-state index in [-0.39, 0.29) is 28.7 Å². The van der Waals surface area contributed by atoms with Crippen molar-refractivity contribution >= 4 is 21.6 Å². The molecule has 0 aliphatic rings. The molecular formula is C23H32N2O3S. The first-order valence-corrected chi connectivity index (χ1v) is 11.4. The van der Waals surface area contributed by atoms with E-state index in [0.29, 0.717) is 16.8 Å². The molecule has 0 atom stereocenters. The Morgan fingerprint density at radius 1 is 0.862 bits per heavy atom. The molecule has 2 aromatic rings. The molecule has 158 valence electrons. The molecule has 0 aliphatic carbocycles. The SMILES string of the molecule is Cc1ccc(C)c(NS(=O)(=O)c2cc(C(=O)NC(C(C)C)C(C)C)ccc2C)c1. The Morgan fingerprint density at radius 2 is 1.45 bits per heavy atom. The van der Waals surface area contributed by atoms with Crippen LogP contribution in [-0.2, 0) is 10.0 Å². The van der Waals surface area contributed by atoms with Gasteiger partial charge in [0.05, 0.1) is 10.6 Å². The third-order valence-electron chi connectivity index (χ3n) is 5.11. The summed E-state index contributed by atoms with van der Waals surface area (Å²) in [7, 11) is -3.83. The topological polar surface area (TPSA) is 75.3 Å². The van der Waals surface area contributed by atoms with E-state index in [1.807, 2.05) is 26.0 Å². The van der Waals surface area contributed by atoms with Crippen LogP contribution in [0.1, 0.15) is 54.7 Å². The summed E-state index contributed by atoms with van der Waals surface area (Å²) in [6, 6.07) is 10.4. The van der Waals surface area contributed by atoms with E-state index in [1.165, 1.54) is 6.07 Å². The highest BCUT2D eigenvalue weighted by atomic mass is 32.2. The van der Waals surface area contributed by atoms with Crippen LogP contribution in [0, 0.1) is 32.6 Å². The number of benzene rings is 2. The summed E-state index contributed by atoms with van der Waals surface area (Å²) in [4.78, 5) is 12.9. The lowest BCUT2D eigenvalue weighted by Gasteiger charge is -2.26. The molecule has 0 spiro atoms. The van der Waals surface area contributed by atoms with Gasteiger partial charge in [-0.25, -0.2) is 8.42 Å². The van der Waals surface area contributed by atoms with Gasteiger partial charge in [-0.3, -0.25) is 9.52 Å². The predicted octanol–water partition coefficient (Wildman–Crippen LogP) is 4.82. The van der Waals surface area contributed by atoms with Crippen LogP contribution in [0.25, 0.3) is 0 Å². The fraction of sp³-hybridized carbons (Fsp3) is 0.435. The molecule has 29 heavy (non-hydrogen) atoms. The number of carbonyl (C=O) groups is 1. The molecular weight excluding hydrogens is 384 g/mol. The van der Waals surface area contributed by atoms with Crippen LogP contribution < -0.4 is 10.0 Å². The molecule has 0 heterocycles. The van der Waals surface area contributed by atoms with Crippen LogP contribution in [0.5, 0.6) is 0 Å². The molecule has 0 fully saturated rings. The predicted molar refractivity (Wildman–Crippen MR) is 119 cm³/mol. The standard InChI is InChI=1S/C23H32N2O3S/c1-14(2)22(15(3)4)24-23(26)19-11-10-18(7)21(13-19)29(27,28)25-20-12-16(5)8-9-17(20)6/h8-15,22,25H,1-7H3,(H,24,26). The minimum atomic E-state index is -3.83. The maximum absolute atomic E-state index is 13.1. The summed E-state index contributed by atoms with van der Waals surface area (Å²) in [6.07, 6.45) is 0. The molecule has 5 nitrogen and oxygen atoms in total. The molecule has 0 aliphatic heterocycles. The Bertz CT molecular complexity index is 987. The summed E-state index contributed by atoms with van der Waals surface area (Å²) in [5.41, 5.74) is 3.26. The van der Waals surface area contributed by atoms with E-state index in [4.69, 9.17) is 0 Å². The monoisotopic (exact) mass is 416 g/mol. The molecule has 2 rings (SSSR count). The normalized spacial score (nSPS) is 11.9. The average Bonchev–Trinajstić information content (AvgIpc) is 2.62.